The monoisotopic (exact) mass is 397 g/mol. The standard InChI is InChI=1S/C19H28ClN3O4/c1-13(15-4-6-16(20)7-5-15)21-19(26)14(2)23-8-9-27-17(11-23)10-22(3)12-18(24)25/h4-7,13-14,17H,8-12H2,1-3H3,(H,21,26)(H,24,25). The first-order valence-corrected chi connectivity index (χ1v) is 9.46. The van der Waals surface area contributed by atoms with E-state index < -0.39 is 5.97 Å². The summed E-state index contributed by atoms with van der Waals surface area (Å²) < 4.78 is 5.73. The summed E-state index contributed by atoms with van der Waals surface area (Å²) in [5.41, 5.74) is 0.995. The van der Waals surface area contributed by atoms with Crippen molar-refractivity contribution >= 4 is 23.5 Å². The third-order valence-corrected chi connectivity index (χ3v) is 5.00. The zero-order valence-electron chi connectivity index (χ0n) is 16.0. The van der Waals surface area contributed by atoms with Crippen LogP contribution >= 0.6 is 11.6 Å². The molecule has 7 nitrogen and oxygen atoms in total. The molecule has 0 bridgehead atoms. The summed E-state index contributed by atoms with van der Waals surface area (Å²) in [6.45, 7) is 6.09. The predicted molar refractivity (Wildman–Crippen MR) is 104 cm³/mol. The SMILES string of the molecule is CC(NC(=O)C(C)N1CCOC(CN(C)CC(=O)O)C1)c1ccc(Cl)cc1. The molecule has 1 fully saturated rings. The largest absolute Gasteiger partial charge is 0.480 e. The fourth-order valence-corrected chi connectivity index (χ4v) is 3.31. The second-order valence-electron chi connectivity index (χ2n) is 7.04. The number of aliphatic carboxylic acids is 1. The second-order valence-corrected chi connectivity index (χ2v) is 7.47. The van der Waals surface area contributed by atoms with Crippen LogP contribution in [0.5, 0.6) is 0 Å². The zero-order chi connectivity index (χ0) is 20.0. The van der Waals surface area contributed by atoms with Gasteiger partial charge in [0.15, 0.2) is 0 Å². The minimum absolute atomic E-state index is 0.0332. The Hall–Kier alpha value is -1.67. The van der Waals surface area contributed by atoms with E-state index in [0.29, 0.717) is 31.3 Å². The maximum Gasteiger partial charge on any atom is 0.317 e. The molecule has 0 saturated carbocycles. The Morgan fingerprint density at radius 1 is 1.37 bits per heavy atom. The molecular weight excluding hydrogens is 370 g/mol. The summed E-state index contributed by atoms with van der Waals surface area (Å²) in [7, 11) is 1.75. The van der Waals surface area contributed by atoms with Gasteiger partial charge in [-0.2, -0.15) is 0 Å². The van der Waals surface area contributed by atoms with Gasteiger partial charge in [0.25, 0.3) is 0 Å². The van der Waals surface area contributed by atoms with Gasteiger partial charge >= 0.3 is 5.97 Å². The number of ether oxygens (including phenoxy) is 1. The molecule has 1 heterocycles. The third kappa shape index (κ3) is 6.77. The van der Waals surface area contributed by atoms with Gasteiger partial charge in [0.1, 0.15) is 0 Å². The topological polar surface area (TPSA) is 82.1 Å². The smallest absolute Gasteiger partial charge is 0.317 e. The molecule has 8 heteroatoms. The first-order valence-electron chi connectivity index (χ1n) is 9.08. The van der Waals surface area contributed by atoms with Gasteiger partial charge in [-0.15, -0.1) is 0 Å². The highest BCUT2D eigenvalue weighted by Crippen LogP contribution is 2.17. The van der Waals surface area contributed by atoms with Crippen LogP contribution in [0, 0.1) is 0 Å². The van der Waals surface area contributed by atoms with Crippen LogP contribution in [0.3, 0.4) is 0 Å². The number of carboxylic acids is 1. The van der Waals surface area contributed by atoms with E-state index in [0.717, 1.165) is 5.56 Å². The van der Waals surface area contributed by atoms with E-state index in [1.807, 2.05) is 38.1 Å². The van der Waals surface area contributed by atoms with Crippen molar-refractivity contribution in [2.24, 2.45) is 0 Å². The summed E-state index contributed by atoms with van der Waals surface area (Å²) in [5.74, 6) is -0.911. The summed E-state index contributed by atoms with van der Waals surface area (Å²) in [5, 5.41) is 12.6. The van der Waals surface area contributed by atoms with Gasteiger partial charge in [0.05, 0.1) is 31.3 Å². The van der Waals surface area contributed by atoms with Crippen molar-refractivity contribution in [1.82, 2.24) is 15.1 Å². The highest BCUT2D eigenvalue weighted by atomic mass is 35.5. The summed E-state index contributed by atoms with van der Waals surface area (Å²) >= 11 is 5.91. The fraction of sp³-hybridized carbons (Fsp3) is 0.579. The molecule has 1 saturated heterocycles. The van der Waals surface area contributed by atoms with Crippen molar-refractivity contribution < 1.29 is 19.4 Å². The molecule has 0 spiro atoms. The summed E-state index contributed by atoms with van der Waals surface area (Å²) in [6.07, 6.45) is -0.118. The number of likely N-dealkylation sites (N-methyl/N-ethyl adjacent to an activating group) is 1. The molecular formula is C19H28ClN3O4. The molecule has 150 valence electrons. The van der Waals surface area contributed by atoms with E-state index >= 15 is 0 Å². The Morgan fingerprint density at radius 2 is 2.04 bits per heavy atom. The molecule has 0 radical (unpaired) electrons. The van der Waals surface area contributed by atoms with Crippen LogP contribution in [-0.4, -0.2) is 78.8 Å². The minimum atomic E-state index is -0.867. The first-order chi connectivity index (χ1) is 12.8. The number of morpholine rings is 1. The lowest BCUT2D eigenvalue weighted by Crippen LogP contribution is -2.54. The van der Waals surface area contributed by atoms with Crippen LogP contribution in [0.4, 0.5) is 0 Å². The van der Waals surface area contributed by atoms with E-state index in [9.17, 15) is 9.59 Å². The molecule has 1 aliphatic rings. The molecule has 1 aromatic carbocycles. The number of amides is 1. The van der Waals surface area contributed by atoms with Crippen molar-refractivity contribution in [3.05, 3.63) is 34.9 Å². The highest BCUT2D eigenvalue weighted by Gasteiger charge is 2.29. The molecule has 2 rings (SSSR count). The molecule has 0 aromatic heterocycles. The van der Waals surface area contributed by atoms with Gasteiger partial charge in [-0.1, -0.05) is 23.7 Å². The van der Waals surface area contributed by atoms with Crippen molar-refractivity contribution in [3.63, 3.8) is 0 Å². The van der Waals surface area contributed by atoms with Crippen molar-refractivity contribution in [2.45, 2.75) is 32.0 Å². The molecule has 3 atom stereocenters. The van der Waals surface area contributed by atoms with Crippen molar-refractivity contribution in [3.8, 4) is 0 Å². The first kappa shape index (κ1) is 21.6. The van der Waals surface area contributed by atoms with Crippen LogP contribution in [0.15, 0.2) is 24.3 Å². The lowest BCUT2D eigenvalue weighted by atomic mass is 10.1. The Kier molecular flexibility index (Phi) is 8.04. The number of hydrogen-bond acceptors (Lipinski definition) is 5. The summed E-state index contributed by atoms with van der Waals surface area (Å²) in [4.78, 5) is 27.2. The number of benzene rings is 1. The van der Waals surface area contributed by atoms with Crippen LogP contribution < -0.4 is 5.32 Å². The number of carbonyl (C=O) groups excluding carboxylic acids is 1. The zero-order valence-corrected chi connectivity index (χ0v) is 16.8. The number of halogens is 1. The number of hydrogen-bond donors (Lipinski definition) is 2. The Labute approximate surface area is 165 Å². The van der Waals surface area contributed by atoms with Gasteiger partial charge in [0.2, 0.25) is 5.91 Å². The Morgan fingerprint density at radius 3 is 2.67 bits per heavy atom. The molecule has 1 aliphatic heterocycles. The van der Waals surface area contributed by atoms with E-state index in [4.69, 9.17) is 21.4 Å². The quantitative estimate of drug-likeness (QED) is 0.693. The van der Waals surface area contributed by atoms with Crippen LogP contribution in [0.25, 0.3) is 0 Å². The second kappa shape index (κ2) is 10.0. The lowest BCUT2D eigenvalue weighted by molar-refractivity contribution is -0.138. The van der Waals surface area contributed by atoms with Crippen LogP contribution in [0.1, 0.15) is 25.5 Å². The average molecular weight is 398 g/mol. The third-order valence-electron chi connectivity index (χ3n) is 4.75. The molecule has 1 aromatic rings. The number of rotatable bonds is 8. The van der Waals surface area contributed by atoms with Gasteiger partial charge in [-0.25, -0.2) is 0 Å². The molecule has 1 amide bonds. The fourth-order valence-electron chi connectivity index (χ4n) is 3.18. The maximum atomic E-state index is 12.7. The highest BCUT2D eigenvalue weighted by molar-refractivity contribution is 6.30. The van der Waals surface area contributed by atoms with Crippen LogP contribution in [0.2, 0.25) is 5.02 Å². The predicted octanol–water partition coefficient (Wildman–Crippen LogP) is 1.62. The van der Waals surface area contributed by atoms with E-state index in [1.54, 1.807) is 11.9 Å². The number of carbonyl (C=O) groups is 2. The molecule has 27 heavy (non-hydrogen) atoms. The molecule has 0 aliphatic carbocycles. The van der Waals surface area contributed by atoms with Gasteiger partial charge < -0.3 is 15.2 Å². The maximum absolute atomic E-state index is 12.7. The lowest BCUT2D eigenvalue weighted by Gasteiger charge is -2.37. The van der Waals surface area contributed by atoms with Crippen LogP contribution in [-0.2, 0) is 14.3 Å². The van der Waals surface area contributed by atoms with E-state index in [1.165, 1.54) is 0 Å². The van der Waals surface area contributed by atoms with Crippen molar-refractivity contribution in [2.75, 3.05) is 39.8 Å². The minimum Gasteiger partial charge on any atom is -0.480 e. The van der Waals surface area contributed by atoms with Gasteiger partial charge in [-0.05, 0) is 38.6 Å². The normalized spacial score (nSPS) is 20.3. The summed E-state index contributed by atoms with van der Waals surface area (Å²) in [6, 6.07) is 7.01. The van der Waals surface area contributed by atoms with E-state index in [-0.39, 0.29) is 30.6 Å². The number of nitrogens with one attached hydrogen (secondary N) is 1. The molecule has 3 unspecified atom stereocenters. The Bertz CT molecular complexity index is 640. The average Bonchev–Trinajstić information content (AvgIpc) is 2.61. The molecule has 2 N–H and O–H groups in total. The number of carboxylic acid groups (broad SMARTS) is 1. The number of nitrogens with zero attached hydrogens (tertiary/aromatic N) is 2. The Balaban J connectivity index is 1.87. The van der Waals surface area contributed by atoms with Gasteiger partial charge in [-0.3, -0.25) is 19.4 Å². The van der Waals surface area contributed by atoms with Crippen molar-refractivity contribution in [1.29, 1.82) is 0 Å². The van der Waals surface area contributed by atoms with E-state index in [2.05, 4.69) is 10.2 Å². The van der Waals surface area contributed by atoms with Gasteiger partial charge in [0, 0.05) is 24.7 Å².